The fourth-order valence-electron chi connectivity index (χ4n) is 1.82. The molecule has 0 aliphatic rings. The van der Waals surface area contributed by atoms with Crippen molar-refractivity contribution < 1.29 is 9.59 Å². The zero-order valence-electron chi connectivity index (χ0n) is 11.0. The van der Waals surface area contributed by atoms with Crippen molar-refractivity contribution in [1.82, 2.24) is 0 Å². The van der Waals surface area contributed by atoms with Crippen LogP contribution in [0.2, 0.25) is 5.02 Å². The van der Waals surface area contributed by atoms with Gasteiger partial charge in [0.05, 0.1) is 11.6 Å². The molecular weight excluding hydrogens is 286 g/mol. The molecule has 0 radical (unpaired) electrons. The second kappa shape index (κ2) is 7.60. The van der Waals surface area contributed by atoms with Gasteiger partial charge in [-0.05, 0) is 25.1 Å². The van der Waals surface area contributed by atoms with Crippen molar-refractivity contribution in [2.24, 2.45) is 0 Å². The molecule has 0 aliphatic carbocycles. The maximum absolute atomic E-state index is 11.9. The van der Waals surface area contributed by atoms with Crippen molar-refractivity contribution in [1.29, 1.82) is 0 Å². The van der Waals surface area contributed by atoms with Gasteiger partial charge in [0.15, 0.2) is 11.6 Å². The van der Waals surface area contributed by atoms with E-state index in [0.29, 0.717) is 21.8 Å². The molecule has 0 fully saturated rings. The van der Waals surface area contributed by atoms with Crippen molar-refractivity contribution in [2.45, 2.75) is 14.4 Å². The van der Waals surface area contributed by atoms with Crippen molar-refractivity contribution in [2.75, 3.05) is 11.9 Å². The number of carbonyl (C=O) groups is 2. The largest absolute Gasteiger partial charge is 0.378 e. The zero-order valence-corrected chi connectivity index (χ0v) is 11.8. The summed E-state index contributed by atoms with van der Waals surface area (Å²) in [5.41, 5.74) is 1.85. The van der Waals surface area contributed by atoms with Crippen LogP contribution >= 0.6 is 11.6 Å². The number of carbonyl (C=O) groups excluding carboxylic acids is 2. The van der Waals surface area contributed by atoms with Crippen molar-refractivity contribution in [3.63, 3.8) is 0 Å². The lowest BCUT2D eigenvalue weighted by Gasteiger charge is -2.08. The van der Waals surface area contributed by atoms with Crippen molar-refractivity contribution in [3.8, 4) is 0 Å². The molecule has 4 heteroatoms. The highest BCUT2D eigenvalue weighted by Crippen LogP contribution is 2.21. The Labute approximate surface area is 129 Å². The van der Waals surface area contributed by atoms with Gasteiger partial charge in [0.25, 0.3) is 0 Å². The number of Topliss-reactive ketones (excluding diaryl/α,β-unsaturated/α-hetero) is 2. The Hall–Kier alpha value is -2.13. The van der Waals surface area contributed by atoms with Gasteiger partial charge in [0.2, 0.25) is 0 Å². The minimum atomic E-state index is -0.0816. The van der Waals surface area contributed by atoms with E-state index < -0.39 is 0 Å². The molecular formula is C17H18ClNO2. The second-order valence-corrected chi connectivity index (χ2v) is 4.80. The molecule has 0 spiro atoms. The molecule has 2 aromatic carbocycles. The van der Waals surface area contributed by atoms with Gasteiger partial charge in [0, 0.05) is 16.8 Å². The highest BCUT2D eigenvalue weighted by molar-refractivity contribution is 6.34. The highest BCUT2D eigenvalue weighted by Gasteiger charge is 2.08. The van der Waals surface area contributed by atoms with Crippen LogP contribution in [0.25, 0.3) is 0 Å². The topological polar surface area (TPSA) is 46.2 Å². The van der Waals surface area contributed by atoms with E-state index in [1.165, 1.54) is 6.92 Å². The summed E-state index contributed by atoms with van der Waals surface area (Å²) in [5.74, 6) is -0.0840. The number of rotatable bonds is 5. The molecule has 0 saturated heterocycles. The SMILES string of the molecule is C.CC(=O)c1ccc(NCC(=O)c2ccccc2)cc1Cl. The Morgan fingerprint density at radius 2 is 1.76 bits per heavy atom. The number of halogens is 1. The lowest BCUT2D eigenvalue weighted by atomic mass is 10.1. The first-order chi connectivity index (χ1) is 9.58. The summed E-state index contributed by atoms with van der Waals surface area (Å²) in [5, 5.41) is 3.39. The maximum atomic E-state index is 11.9. The van der Waals surface area contributed by atoms with Crippen LogP contribution < -0.4 is 5.32 Å². The van der Waals surface area contributed by atoms with Crippen LogP contribution in [-0.2, 0) is 0 Å². The number of ketones is 2. The van der Waals surface area contributed by atoms with Gasteiger partial charge in [-0.25, -0.2) is 0 Å². The minimum Gasteiger partial charge on any atom is -0.378 e. The third-order valence-corrected chi connectivity index (χ3v) is 3.21. The Balaban J connectivity index is 0.00000220. The summed E-state index contributed by atoms with van der Waals surface area (Å²) in [6, 6.07) is 14.1. The van der Waals surface area contributed by atoms with Crippen molar-refractivity contribution in [3.05, 3.63) is 64.7 Å². The number of nitrogens with one attached hydrogen (secondary N) is 1. The molecule has 1 N–H and O–H groups in total. The van der Waals surface area contributed by atoms with E-state index >= 15 is 0 Å². The molecule has 110 valence electrons. The monoisotopic (exact) mass is 303 g/mol. The van der Waals surface area contributed by atoms with E-state index in [-0.39, 0.29) is 25.5 Å². The van der Waals surface area contributed by atoms with Crippen LogP contribution in [0, 0.1) is 0 Å². The molecule has 0 saturated carbocycles. The van der Waals surface area contributed by atoms with Crippen LogP contribution in [0.5, 0.6) is 0 Å². The van der Waals surface area contributed by atoms with E-state index in [1.54, 1.807) is 30.3 Å². The first kappa shape index (κ1) is 16.9. The molecule has 0 amide bonds. The molecule has 3 nitrogen and oxygen atoms in total. The average molecular weight is 304 g/mol. The number of anilines is 1. The smallest absolute Gasteiger partial charge is 0.181 e. The van der Waals surface area contributed by atoms with Gasteiger partial charge in [-0.1, -0.05) is 49.4 Å². The van der Waals surface area contributed by atoms with E-state index in [1.807, 2.05) is 18.2 Å². The summed E-state index contributed by atoms with van der Waals surface area (Å²) in [6.07, 6.45) is 0. The van der Waals surface area contributed by atoms with Crippen LogP contribution in [0.15, 0.2) is 48.5 Å². The van der Waals surface area contributed by atoms with E-state index in [0.717, 1.165) is 0 Å². The fraction of sp³-hybridized carbons (Fsp3) is 0.176. The van der Waals surface area contributed by atoms with Crippen molar-refractivity contribution >= 4 is 28.9 Å². The summed E-state index contributed by atoms with van der Waals surface area (Å²) in [4.78, 5) is 23.2. The molecule has 0 aliphatic heterocycles. The summed E-state index contributed by atoms with van der Waals surface area (Å²) >= 11 is 6.01. The van der Waals surface area contributed by atoms with Gasteiger partial charge in [-0.2, -0.15) is 0 Å². The Kier molecular flexibility index (Phi) is 6.12. The standard InChI is InChI=1S/C16H14ClNO2.CH4/c1-11(19)14-8-7-13(9-15(14)17)18-10-16(20)12-5-3-2-4-6-12;/h2-9,18H,10H2,1H3;1H4. The first-order valence-corrected chi connectivity index (χ1v) is 6.58. The van der Waals surface area contributed by atoms with Gasteiger partial charge < -0.3 is 5.32 Å². The Morgan fingerprint density at radius 1 is 1.10 bits per heavy atom. The maximum Gasteiger partial charge on any atom is 0.181 e. The number of benzene rings is 2. The van der Waals surface area contributed by atoms with Gasteiger partial charge in [-0.3, -0.25) is 9.59 Å². The molecule has 0 unspecified atom stereocenters. The van der Waals surface area contributed by atoms with Crippen LogP contribution in [0.1, 0.15) is 35.1 Å². The third-order valence-electron chi connectivity index (χ3n) is 2.90. The van der Waals surface area contributed by atoms with Crippen LogP contribution in [0.3, 0.4) is 0 Å². The number of hydrogen-bond donors (Lipinski definition) is 1. The van der Waals surface area contributed by atoms with E-state index in [4.69, 9.17) is 11.6 Å². The molecule has 0 heterocycles. The quantitative estimate of drug-likeness (QED) is 0.829. The predicted octanol–water partition coefficient (Wildman–Crippen LogP) is 4.47. The van der Waals surface area contributed by atoms with E-state index in [9.17, 15) is 9.59 Å². The van der Waals surface area contributed by atoms with Gasteiger partial charge in [-0.15, -0.1) is 0 Å². The molecule has 0 atom stereocenters. The summed E-state index contributed by atoms with van der Waals surface area (Å²) < 4.78 is 0. The lowest BCUT2D eigenvalue weighted by molar-refractivity contribution is 0.100. The predicted molar refractivity (Wildman–Crippen MR) is 87.4 cm³/mol. The third kappa shape index (κ3) is 4.43. The van der Waals surface area contributed by atoms with Crippen LogP contribution in [-0.4, -0.2) is 18.1 Å². The average Bonchev–Trinajstić information content (AvgIpc) is 2.45. The normalized spacial score (nSPS) is 9.62. The molecule has 21 heavy (non-hydrogen) atoms. The van der Waals surface area contributed by atoms with E-state index in [2.05, 4.69) is 5.32 Å². The Morgan fingerprint density at radius 3 is 2.33 bits per heavy atom. The summed E-state index contributed by atoms with van der Waals surface area (Å²) in [7, 11) is 0. The van der Waals surface area contributed by atoms with Gasteiger partial charge in [0.1, 0.15) is 0 Å². The number of hydrogen-bond acceptors (Lipinski definition) is 3. The second-order valence-electron chi connectivity index (χ2n) is 4.39. The fourth-order valence-corrected chi connectivity index (χ4v) is 2.13. The summed E-state index contributed by atoms with van der Waals surface area (Å²) in [6.45, 7) is 1.65. The highest BCUT2D eigenvalue weighted by atomic mass is 35.5. The van der Waals surface area contributed by atoms with Crippen LogP contribution in [0.4, 0.5) is 5.69 Å². The zero-order chi connectivity index (χ0) is 14.5. The minimum absolute atomic E-state index is 0. The first-order valence-electron chi connectivity index (χ1n) is 6.20. The molecule has 2 aromatic rings. The lowest BCUT2D eigenvalue weighted by Crippen LogP contribution is -2.14. The molecule has 0 aromatic heterocycles. The Bertz CT molecular complexity index is 638. The van der Waals surface area contributed by atoms with Gasteiger partial charge >= 0.3 is 0 Å². The molecule has 2 rings (SSSR count). The molecule has 0 bridgehead atoms.